The maximum absolute atomic E-state index is 14.1. The fraction of sp³-hybridized carbons (Fsp3) is 0.355. The molecular formula is C31H36N8O3. The van der Waals surface area contributed by atoms with Crippen molar-refractivity contribution in [3.05, 3.63) is 72.4 Å². The van der Waals surface area contributed by atoms with Gasteiger partial charge < -0.3 is 16.2 Å². The van der Waals surface area contributed by atoms with Crippen molar-refractivity contribution in [1.29, 1.82) is 0 Å². The Bertz CT molecular complexity index is 1470. The number of hydrogen-bond acceptors (Lipinski definition) is 8. The Morgan fingerprint density at radius 1 is 1.02 bits per heavy atom. The van der Waals surface area contributed by atoms with E-state index in [0.29, 0.717) is 36.5 Å². The smallest absolute Gasteiger partial charge is 0.240 e. The van der Waals surface area contributed by atoms with Crippen LogP contribution < -0.4 is 21.1 Å². The summed E-state index contributed by atoms with van der Waals surface area (Å²) in [4.78, 5) is 33.1. The number of hydrogen-bond donors (Lipinski definition) is 3. The van der Waals surface area contributed by atoms with Gasteiger partial charge in [0.1, 0.15) is 6.04 Å². The van der Waals surface area contributed by atoms with Crippen LogP contribution in [0.5, 0.6) is 5.88 Å². The van der Waals surface area contributed by atoms with Crippen LogP contribution in [0.3, 0.4) is 0 Å². The van der Waals surface area contributed by atoms with Gasteiger partial charge in [0, 0.05) is 35.3 Å². The molecule has 0 unspecified atom stereocenters. The van der Waals surface area contributed by atoms with Crippen LogP contribution in [0.25, 0.3) is 22.5 Å². The topological polar surface area (TPSA) is 166 Å². The Kier molecular flexibility index (Phi) is 9.18. The van der Waals surface area contributed by atoms with Gasteiger partial charge in [-0.05, 0) is 97.8 Å². The van der Waals surface area contributed by atoms with Crippen LogP contribution in [0.4, 0.5) is 5.69 Å². The van der Waals surface area contributed by atoms with Gasteiger partial charge in [-0.3, -0.25) is 14.5 Å². The lowest BCUT2D eigenvalue weighted by Crippen LogP contribution is -2.52. The molecule has 0 radical (unpaired) electrons. The highest BCUT2D eigenvalue weighted by Crippen LogP contribution is 2.33. The monoisotopic (exact) mass is 568 g/mol. The zero-order valence-electron chi connectivity index (χ0n) is 23.6. The number of aromatic nitrogens is 5. The number of carbonyl (C=O) groups excluding carboxylic acids is 2. The molecule has 2 aromatic carbocycles. The molecule has 2 heterocycles. The van der Waals surface area contributed by atoms with Gasteiger partial charge in [-0.2, -0.15) is 5.21 Å². The number of primary amides is 1. The molecule has 1 aliphatic carbocycles. The Morgan fingerprint density at radius 2 is 1.74 bits per heavy atom. The molecule has 1 saturated carbocycles. The first kappa shape index (κ1) is 28.9. The molecule has 42 heavy (non-hydrogen) atoms. The second kappa shape index (κ2) is 13.3. The number of amides is 2. The molecule has 0 spiro atoms. The van der Waals surface area contributed by atoms with Crippen molar-refractivity contribution < 1.29 is 14.3 Å². The standard InChI is InChI=1S/C31H36N8O3/c1-2-42-30-26(4-3-17-34-30)22-9-5-20(6-10-22)18-27(28(33)40)39(31(41)24-11-7-21(19-32)8-12-24)25-15-13-23(14-16-25)29-35-37-38-36-29/h3-6,9-10,13-17,21,24,27H,2,7-8,11-12,18-19,32H2,1H3,(H2,33,40)(H,35,36,37,38)/t21?,24?,27-/m0/s1. The van der Waals surface area contributed by atoms with Crippen molar-refractivity contribution in [2.45, 2.75) is 45.1 Å². The third-order valence-electron chi connectivity index (χ3n) is 7.90. The maximum Gasteiger partial charge on any atom is 0.240 e. The lowest BCUT2D eigenvalue weighted by atomic mass is 9.81. The molecule has 0 saturated heterocycles. The number of aromatic amines is 1. The summed E-state index contributed by atoms with van der Waals surface area (Å²) in [6.07, 6.45) is 5.19. The number of carbonyl (C=O) groups is 2. The molecule has 0 aliphatic heterocycles. The highest BCUT2D eigenvalue weighted by molar-refractivity contribution is 6.01. The van der Waals surface area contributed by atoms with Gasteiger partial charge in [0.05, 0.1) is 6.61 Å². The van der Waals surface area contributed by atoms with Crippen molar-refractivity contribution in [1.82, 2.24) is 25.6 Å². The normalized spacial score (nSPS) is 17.4. The van der Waals surface area contributed by atoms with Crippen LogP contribution in [-0.2, 0) is 16.0 Å². The van der Waals surface area contributed by atoms with Crippen LogP contribution in [-0.4, -0.2) is 56.6 Å². The molecule has 0 bridgehead atoms. The zero-order valence-corrected chi connectivity index (χ0v) is 23.6. The molecule has 1 atom stereocenters. The molecule has 4 aromatic rings. The maximum atomic E-state index is 14.1. The molecule has 1 fully saturated rings. The van der Waals surface area contributed by atoms with Gasteiger partial charge in [0.2, 0.25) is 23.5 Å². The SMILES string of the molecule is CCOc1ncccc1-c1ccc(C[C@@H](C(N)=O)N(C(=O)C2CCC(CN)CC2)c2ccc(-c3nn[nH]n3)cc2)cc1. The minimum Gasteiger partial charge on any atom is -0.478 e. The van der Waals surface area contributed by atoms with E-state index >= 15 is 0 Å². The van der Waals surface area contributed by atoms with Crippen LogP contribution in [0.2, 0.25) is 0 Å². The van der Waals surface area contributed by atoms with Gasteiger partial charge in [-0.1, -0.05) is 24.3 Å². The van der Waals surface area contributed by atoms with E-state index in [1.807, 2.05) is 55.5 Å². The van der Waals surface area contributed by atoms with E-state index in [-0.39, 0.29) is 18.2 Å². The molecule has 2 amide bonds. The fourth-order valence-corrected chi connectivity index (χ4v) is 5.58. The molecule has 11 heteroatoms. The van der Waals surface area contributed by atoms with E-state index in [9.17, 15) is 9.59 Å². The largest absolute Gasteiger partial charge is 0.478 e. The predicted octanol–water partition coefficient (Wildman–Crippen LogP) is 3.52. The van der Waals surface area contributed by atoms with Crippen molar-refractivity contribution in [2.24, 2.45) is 23.3 Å². The number of nitrogens with zero attached hydrogens (tertiary/aromatic N) is 5. The minimum atomic E-state index is -0.885. The van der Waals surface area contributed by atoms with Crippen molar-refractivity contribution >= 4 is 17.5 Å². The second-order valence-electron chi connectivity index (χ2n) is 10.6. The number of benzene rings is 2. The third kappa shape index (κ3) is 6.46. The lowest BCUT2D eigenvalue weighted by Gasteiger charge is -2.35. The highest BCUT2D eigenvalue weighted by atomic mass is 16.5. The summed E-state index contributed by atoms with van der Waals surface area (Å²) in [5.41, 5.74) is 15.9. The van der Waals surface area contributed by atoms with Crippen molar-refractivity contribution in [3.8, 4) is 28.4 Å². The number of ether oxygens (including phenoxy) is 1. The quantitative estimate of drug-likeness (QED) is 0.247. The lowest BCUT2D eigenvalue weighted by molar-refractivity contribution is -0.127. The number of anilines is 1. The van der Waals surface area contributed by atoms with E-state index in [1.54, 1.807) is 23.2 Å². The fourth-order valence-electron chi connectivity index (χ4n) is 5.58. The highest BCUT2D eigenvalue weighted by Gasteiger charge is 2.36. The molecule has 5 N–H and O–H groups in total. The molecule has 218 valence electrons. The summed E-state index contributed by atoms with van der Waals surface area (Å²) < 4.78 is 5.69. The summed E-state index contributed by atoms with van der Waals surface area (Å²) in [6.45, 7) is 3.05. The summed E-state index contributed by atoms with van der Waals surface area (Å²) in [5, 5.41) is 14.1. The number of rotatable bonds is 11. The number of H-pyrrole nitrogens is 1. The van der Waals surface area contributed by atoms with E-state index in [1.165, 1.54) is 0 Å². The molecule has 5 rings (SSSR count). The van der Waals surface area contributed by atoms with E-state index in [4.69, 9.17) is 16.2 Å². The summed E-state index contributed by atoms with van der Waals surface area (Å²) in [5.74, 6) is 0.535. The first-order chi connectivity index (χ1) is 20.5. The van der Waals surface area contributed by atoms with E-state index in [0.717, 1.165) is 47.9 Å². The molecule has 1 aliphatic rings. The number of pyridine rings is 1. The van der Waals surface area contributed by atoms with E-state index in [2.05, 4.69) is 25.6 Å². The van der Waals surface area contributed by atoms with Gasteiger partial charge in [0.25, 0.3) is 0 Å². The summed E-state index contributed by atoms with van der Waals surface area (Å²) in [6, 6.07) is 18.0. The first-order valence-electron chi connectivity index (χ1n) is 14.3. The number of nitrogens with one attached hydrogen (secondary N) is 1. The van der Waals surface area contributed by atoms with Crippen LogP contribution in [0.1, 0.15) is 38.2 Å². The Labute approximate surface area is 244 Å². The van der Waals surface area contributed by atoms with Crippen molar-refractivity contribution in [2.75, 3.05) is 18.1 Å². The molecule has 2 aromatic heterocycles. The third-order valence-corrected chi connectivity index (χ3v) is 7.90. The predicted molar refractivity (Wildman–Crippen MR) is 159 cm³/mol. The Balaban J connectivity index is 1.44. The summed E-state index contributed by atoms with van der Waals surface area (Å²) >= 11 is 0. The number of tetrazole rings is 1. The van der Waals surface area contributed by atoms with Gasteiger partial charge in [0.15, 0.2) is 0 Å². The van der Waals surface area contributed by atoms with E-state index < -0.39 is 11.9 Å². The van der Waals surface area contributed by atoms with Crippen LogP contribution in [0, 0.1) is 11.8 Å². The second-order valence-corrected chi connectivity index (χ2v) is 10.6. The van der Waals surface area contributed by atoms with Crippen LogP contribution in [0.15, 0.2) is 66.9 Å². The molecule has 11 nitrogen and oxygen atoms in total. The Hall–Kier alpha value is -4.64. The number of nitrogens with two attached hydrogens (primary N) is 2. The van der Waals surface area contributed by atoms with Crippen LogP contribution >= 0.6 is 0 Å². The minimum absolute atomic E-state index is 0.102. The Morgan fingerprint density at radius 3 is 2.36 bits per heavy atom. The first-order valence-corrected chi connectivity index (χ1v) is 14.3. The zero-order chi connectivity index (χ0) is 29.5. The average molecular weight is 569 g/mol. The van der Waals surface area contributed by atoms with Crippen molar-refractivity contribution in [3.63, 3.8) is 0 Å². The molecular weight excluding hydrogens is 532 g/mol. The van der Waals surface area contributed by atoms with Gasteiger partial charge in [-0.15, -0.1) is 10.2 Å². The van der Waals surface area contributed by atoms with Gasteiger partial charge in [-0.25, -0.2) is 4.98 Å². The van der Waals surface area contributed by atoms with Gasteiger partial charge >= 0.3 is 0 Å². The average Bonchev–Trinajstić information content (AvgIpc) is 3.57. The summed E-state index contributed by atoms with van der Waals surface area (Å²) in [7, 11) is 0.